The summed E-state index contributed by atoms with van der Waals surface area (Å²) < 4.78 is 0. The quantitative estimate of drug-likeness (QED) is 0.872. The largest absolute Gasteiger partial charge is 0.294 e. The van der Waals surface area contributed by atoms with Crippen molar-refractivity contribution < 1.29 is 0 Å². The monoisotopic (exact) mass is 321 g/mol. The van der Waals surface area contributed by atoms with E-state index in [0.29, 0.717) is 0 Å². The second-order valence-electron chi connectivity index (χ2n) is 6.71. The van der Waals surface area contributed by atoms with E-state index in [4.69, 9.17) is 4.98 Å². The van der Waals surface area contributed by atoms with Gasteiger partial charge in [0.15, 0.2) is 5.82 Å². The molecule has 2 aromatic heterocycles. The summed E-state index contributed by atoms with van der Waals surface area (Å²) in [6.07, 6.45) is 10.2. The van der Waals surface area contributed by atoms with Crippen molar-refractivity contribution in [2.75, 3.05) is 13.1 Å². The highest BCUT2D eigenvalue weighted by Crippen LogP contribution is 2.20. The molecule has 0 atom stereocenters. The Kier molecular flexibility index (Phi) is 4.34. The number of nitrogens with zero attached hydrogens (tertiary/aromatic N) is 5. The van der Waals surface area contributed by atoms with E-state index in [9.17, 15) is 0 Å². The molecule has 0 aliphatic carbocycles. The third kappa shape index (κ3) is 3.22. The fraction of sp³-hybridized carbons (Fsp3) is 0.474. The van der Waals surface area contributed by atoms with Gasteiger partial charge >= 0.3 is 0 Å². The molecule has 0 saturated carbocycles. The second kappa shape index (κ2) is 6.77. The van der Waals surface area contributed by atoms with E-state index in [1.165, 1.54) is 35.2 Å². The molecular weight excluding hydrogens is 298 g/mol. The van der Waals surface area contributed by atoms with Gasteiger partial charge < -0.3 is 0 Å². The maximum atomic E-state index is 4.82. The first-order chi connectivity index (χ1) is 11.8. The molecule has 4 rings (SSSR count). The zero-order valence-electron chi connectivity index (χ0n) is 14.2. The van der Waals surface area contributed by atoms with Crippen molar-refractivity contribution in [2.45, 2.75) is 45.7 Å². The SMILES string of the molecule is Cc1ccncc1CN1CCc2nc(C3=NCCCC3)ncc2C1. The third-order valence-electron chi connectivity index (χ3n) is 4.94. The number of hydrogen-bond acceptors (Lipinski definition) is 5. The lowest BCUT2D eigenvalue weighted by Gasteiger charge is -2.28. The minimum atomic E-state index is 0.852. The van der Waals surface area contributed by atoms with Crippen LogP contribution in [0.1, 0.15) is 47.5 Å². The molecular formula is C19H23N5. The van der Waals surface area contributed by atoms with Gasteiger partial charge in [-0.15, -0.1) is 0 Å². The average Bonchev–Trinajstić information content (AvgIpc) is 2.64. The van der Waals surface area contributed by atoms with E-state index in [-0.39, 0.29) is 0 Å². The fourth-order valence-electron chi connectivity index (χ4n) is 3.43. The second-order valence-corrected chi connectivity index (χ2v) is 6.71. The van der Waals surface area contributed by atoms with Crippen LogP contribution in [0.4, 0.5) is 0 Å². The molecule has 5 heteroatoms. The summed E-state index contributed by atoms with van der Waals surface area (Å²) in [7, 11) is 0. The highest BCUT2D eigenvalue weighted by atomic mass is 15.1. The smallest absolute Gasteiger partial charge is 0.173 e. The first-order valence-electron chi connectivity index (χ1n) is 8.80. The lowest BCUT2D eigenvalue weighted by molar-refractivity contribution is 0.242. The molecule has 0 radical (unpaired) electrons. The zero-order valence-corrected chi connectivity index (χ0v) is 14.2. The molecule has 2 aromatic rings. The standard InChI is InChI=1S/C19H23N5/c1-14-5-8-20-10-15(14)12-24-9-6-17-16(13-24)11-22-19(23-17)18-4-2-3-7-21-18/h5,8,10-11H,2-4,6-7,9,12-13H2,1H3. The maximum absolute atomic E-state index is 4.82. The lowest BCUT2D eigenvalue weighted by atomic mass is 10.0. The van der Waals surface area contributed by atoms with Crippen LogP contribution in [-0.2, 0) is 19.5 Å². The molecule has 2 aliphatic heterocycles. The van der Waals surface area contributed by atoms with Gasteiger partial charge in [-0.3, -0.25) is 14.9 Å². The van der Waals surface area contributed by atoms with Crippen molar-refractivity contribution in [3.63, 3.8) is 0 Å². The Bertz CT molecular complexity index is 768. The molecule has 124 valence electrons. The Morgan fingerprint density at radius 2 is 2.12 bits per heavy atom. The highest BCUT2D eigenvalue weighted by molar-refractivity contribution is 5.97. The van der Waals surface area contributed by atoms with Gasteiger partial charge in [-0.25, -0.2) is 9.97 Å². The van der Waals surface area contributed by atoms with Crippen molar-refractivity contribution in [3.05, 3.63) is 52.9 Å². The van der Waals surface area contributed by atoms with Crippen LogP contribution in [0, 0.1) is 6.92 Å². The Hall–Kier alpha value is -2.14. The van der Waals surface area contributed by atoms with Crippen molar-refractivity contribution >= 4 is 5.71 Å². The first-order valence-corrected chi connectivity index (χ1v) is 8.80. The van der Waals surface area contributed by atoms with Crippen molar-refractivity contribution in [3.8, 4) is 0 Å². The number of hydrogen-bond donors (Lipinski definition) is 0. The number of aliphatic imine (C=N–C) groups is 1. The summed E-state index contributed by atoms with van der Waals surface area (Å²) in [5, 5.41) is 0. The summed E-state index contributed by atoms with van der Waals surface area (Å²) in [6, 6.07) is 2.08. The molecule has 0 saturated heterocycles. The fourth-order valence-corrected chi connectivity index (χ4v) is 3.43. The van der Waals surface area contributed by atoms with Crippen LogP contribution < -0.4 is 0 Å². The van der Waals surface area contributed by atoms with Gasteiger partial charge in [0.1, 0.15) is 0 Å². The van der Waals surface area contributed by atoms with Crippen molar-refractivity contribution in [2.24, 2.45) is 4.99 Å². The Morgan fingerprint density at radius 1 is 1.17 bits per heavy atom. The number of pyridine rings is 1. The third-order valence-corrected chi connectivity index (χ3v) is 4.94. The van der Waals surface area contributed by atoms with Gasteiger partial charge in [-0.1, -0.05) is 0 Å². The summed E-state index contributed by atoms with van der Waals surface area (Å²) in [6.45, 7) is 5.96. The highest BCUT2D eigenvalue weighted by Gasteiger charge is 2.20. The minimum Gasteiger partial charge on any atom is -0.294 e. The molecule has 0 amide bonds. The summed E-state index contributed by atoms with van der Waals surface area (Å²) in [4.78, 5) is 20.7. The van der Waals surface area contributed by atoms with E-state index in [1.54, 1.807) is 0 Å². The van der Waals surface area contributed by atoms with Gasteiger partial charge in [-0.05, 0) is 43.4 Å². The van der Waals surface area contributed by atoms with Crippen molar-refractivity contribution in [1.29, 1.82) is 0 Å². The molecule has 0 unspecified atom stereocenters. The molecule has 0 bridgehead atoms. The predicted molar refractivity (Wildman–Crippen MR) is 94.1 cm³/mol. The number of rotatable bonds is 3. The minimum absolute atomic E-state index is 0.852. The van der Waals surface area contributed by atoms with Gasteiger partial charge in [0, 0.05) is 56.8 Å². The van der Waals surface area contributed by atoms with E-state index in [0.717, 1.165) is 50.6 Å². The normalized spacial score (nSPS) is 18.1. The molecule has 4 heterocycles. The van der Waals surface area contributed by atoms with Gasteiger partial charge in [0.2, 0.25) is 0 Å². The summed E-state index contributed by atoms with van der Waals surface area (Å²) in [5.74, 6) is 0.852. The van der Waals surface area contributed by atoms with Crippen LogP contribution in [-0.4, -0.2) is 38.7 Å². The number of aromatic nitrogens is 3. The van der Waals surface area contributed by atoms with Crippen LogP contribution in [0.15, 0.2) is 29.6 Å². The molecule has 0 spiro atoms. The van der Waals surface area contributed by atoms with Crippen LogP contribution >= 0.6 is 0 Å². The van der Waals surface area contributed by atoms with Crippen LogP contribution in [0.3, 0.4) is 0 Å². The van der Waals surface area contributed by atoms with Crippen LogP contribution in [0.25, 0.3) is 0 Å². The Balaban J connectivity index is 1.49. The van der Waals surface area contributed by atoms with Crippen LogP contribution in [0.2, 0.25) is 0 Å². The van der Waals surface area contributed by atoms with E-state index < -0.39 is 0 Å². The first kappa shape index (κ1) is 15.4. The van der Waals surface area contributed by atoms with E-state index >= 15 is 0 Å². The predicted octanol–water partition coefficient (Wildman–Crippen LogP) is 2.71. The van der Waals surface area contributed by atoms with Crippen LogP contribution in [0.5, 0.6) is 0 Å². The topological polar surface area (TPSA) is 54.3 Å². The van der Waals surface area contributed by atoms with E-state index in [2.05, 4.69) is 32.9 Å². The van der Waals surface area contributed by atoms with Gasteiger partial charge in [-0.2, -0.15) is 0 Å². The molecule has 0 N–H and O–H groups in total. The maximum Gasteiger partial charge on any atom is 0.173 e. The molecule has 5 nitrogen and oxygen atoms in total. The average molecular weight is 321 g/mol. The lowest BCUT2D eigenvalue weighted by Crippen LogP contribution is -2.31. The number of aryl methyl sites for hydroxylation is 1. The molecule has 24 heavy (non-hydrogen) atoms. The van der Waals surface area contributed by atoms with Gasteiger partial charge in [0.05, 0.1) is 11.4 Å². The molecule has 0 aromatic carbocycles. The summed E-state index contributed by atoms with van der Waals surface area (Å²) in [5.41, 5.74) is 6.15. The molecule has 2 aliphatic rings. The van der Waals surface area contributed by atoms with Gasteiger partial charge in [0.25, 0.3) is 0 Å². The Morgan fingerprint density at radius 3 is 2.96 bits per heavy atom. The number of fused-ring (bicyclic) bond motifs is 1. The zero-order chi connectivity index (χ0) is 16.4. The summed E-state index contributed by atoms with van der Waals surface area (Å²) >= 11 is 0. The van der Waals surface area contributed by atoms with E-state index in [1.807, 2.05) is 18.6 Å². The molecule has 0 fully saturated rings. The van der Waals surface area contributed by atoms with Crippen molar-refractivity contribution in [1.82, 2.24) is 19.9 Å². The Labute approximate surface area is 142 Å².